The number of alkyl halides is 3. The van der Waals surface area contributed by atoms with Crippen molar-refractivity contribution in [2.75, 3.05) is 18.4 Å². The van der Waals surface area contributed by atoms with Crippen molar-refractivity contribution >= 4 is 51.1 Å². The van der Waals surface area contributed by atoms with E-state index in [9.17, 15) is 18.0 Å². The fourth-order valence-electron chi connectivity index (χ4n) is 3.47. The molecule has 0 atom stereocenters. The molecule has 1 fully saturated rings. The first kappa shape index (κ1) is 28.9. The van der Waals surface area contributed by atoms with E-state index in [0.717, 1.165) is 54.1 Å². The second-order valence-electron chi connectivity index (χ2n) is 7.51. The smallest absolute Gasteiger partial charge is 0.416 e. The van der Waals surface area contributed by atoms with Crippen molar-refractivity contribution in [2.24, 2.45) is 0 Å². The molecule has 36 heavy (non-hydrogen) atoms. The van der Waals surface area contributed by atoms with Gasteiger partial charge in [-0.2, -0.15) is 22.8 Å². The number of carboxylic acid groups (broad SMARTS) is 1. The number of carboxylic acids is 1. The summed E-state index contributed by atoms with van der Waals surface area (Å²) in [5.41, 5.74) is 0.0930. The quantitative estimate of drug-likeness (QED) is 0.428. The normalized spacial score (nSPS) is 14.0. The number of piperidine rings is 1. The first-order valence-corrected chi connectivity index (χ1v) is 11.7. The van der Waals surface area contributed by atoms with Gasteiger partial charge >= 0.3 is 18.3 Å². The highest BCUT2D eigenvalue weighted by atomic mass is 35.5. The van der Waals surface area contributed by atoms with Gasteiger partial charge in [0.2, 0.25) is 0 Å². The van der Waals surface area contributed by atoms with Gasteiger partial charge in [-0.15, -0.1) is 11.3 Å². The molecule has 1 saturated heterocycles. The van der Waals surface area contributed by atoms with Gasteiger partial charge in [-0.25, -0.2) is 14.8 Å². The van der Waals surface area contributed by atoms with Crippen molar-refractivity contribution in [3.63, 3.8) is 0 Å². The lowest BCUT2D eigenvalue weighted by molar-refractivity contribution is -0.191. The number of rotatable bonds is 5. The van der Waals surface area contributed by atoms with Gasteiger partial charge in [0.25, 0.3) is 0 Å². The van der Waals surface area contributed by atoms with Gasteiger partial charge in [0.15, 0.2) is 0 Å². The van der Waals surface area contributed by atoms with Crippen LogP contribution in [0.25, 0.3) is 10.2 Å². The van der Waals surface area contributed by atoms with Crippen LogP contribution in [-0.2, 0) is 27.1 Å². The Labute approximate surface area is 213 Å². The minimum Gasteiger partial charge on any atom is -0.478 e. The molecule has 8 nitrogen and oxygen atoms in total. The summed E-state index contributed by atoms with van der Waals surface area (Å²) in [5, 5.41) is 12.0. The molecule has 1 aromatic carbocycles. The Morgan fingerprint density at radius 2 is 1.92 bits per heavy atom. The molecule has 0 unspecified atom stereocenters. The summed E-state index contributed by atoms with van der Waals surface area (Å²) in [4.78, 5) is 37.1. The number of nitrogens with one attached hydrogen (secondary N) is 1. The first-order chi connectivity index (χ1) is 17.1. The second-order valence-corrected chi connectivity index (χ2v) is 9.17. The Balaban J connectivity index is 0.000000501. The number of nitrogens with zero attached hydrogens (tertiary/aromatic N) is 3. The summed E-state index contributed by atoms with van der Waals surface area (Å²) in [6.07, 6.45) is 0.0886. The number of carbonyl (C=O) groups is 1. The number of anilines is 1. The number of hydrogen-bond donors (Lipinski definition) is 2. The topological polar surface area (TPSA) is 112 Å². The van der Waals surface area contributed by atoms with Crippen LogP contribution in [0.5, 0.6) is 0 Å². The van der Waals surface area contributed by atoms with Crippen LogP contribution >= 0.6 is 22.9 Å². The molecule has 3 aromatic rings. The number of likely N-dealkylation sites (tertiary alicyclic amines) is 1. The van der Waals surface area contributed by atoms with Crippen molar-refractivity contribution in [3.05, 3.63) is 64.8 Å². The zero-order valence-electron chi connectivity index (χ0n) is 18.8. The van der Waals surface area contributed by atoms with Gasteiger partial charge in [0.1, 0.15) is 17.0 Å². The molecule has 1 aliphatic rings. The lowest BCUT2D eigenvalue weighted by Crippen LogP contribution is -2.38. The molecule has 3 heterocycles. The molecule has 0 aliphatic carbocycles. The molecular formula is C23H22ClF3N4O4S. The Morgan fingerprint density at radius 1 is 1.28 bits per heavy atom. The zero-order chi connectivity index (χ0) is 26.7. The minimum absolute atomic E-state index is 0.250. The van der Waals surface area contributed by atoms with E-state index in [0.29, 0.717) is 16.4 Å². The van der Waals surface area contributed by atoms with Gasteiger partial charge in [-0.1, -0.05) is 36.4 Å². The fourth-order valence-corrected chi connectivity index (χ4v) is 4.53. The maximum atomic E-state index is 12.9. The Kier molecular flexibility index (Phi) is 11.0. The number of aromatic nitrogens is 2. The zero-order valence-corrected chi connectivity index (χ0v) is 20.4. The van der Waals surface area contributed by atoms with Crippen LogP contribution in [0.4, 0.5) is 19.0 Å². The number of fused-ring (bicyclic) bond motifs is 1. The van der Waals surface area contributed by atoms with Crippen molar-refractivity contribution in [1.29, 1.82) is 0 Å². The van der Waals surface area contributed by atoms with E-state index in [2.05, 4.69) is 26.8 Å². The van der Waals surface area contributed by atoms with Crippen LogP contribution in [0.3, 0.4) is 0 Å². The summed E-state index contributed by atoms with van der Waals surface area (Å²) in [7, 11) is 0. The molecule has 0 saturated carbocycles. The number of hydrogen-bond acceptors (Lipinski definition) is 8. The number of aliphatic carboxylic acids is 1. The second kappa shape index (κ2) is 13.7. The predicted molar refractivity (Wildman–Crippen MR) is 129 cm³/mol. The summed E-state index contributed by atoms with van der Waals surface area (Å²) in [5.74, 6) is -0.200. The third kappa shape index (κ3) is 9.04. The van der Waals surface area contributed by atoms with E-state index < -0.39 is 17.7 Å². The summed E-state index contributed by atoms with van der Waals surface area (Å²) in [6, 6.07) is 7.69. The van der Waals surface area contributed by atoms with Crippen LogP contribution in [0.1, 0.15) is 24.0 Å². The number of carbonyl (C=O) groups excluding carboxylic acids is 2. The average molecular weight is 543 g/mol. The lowest BCUT2D eigenvalue weighted by atomic mass is 10.0. The first-order valence-electron chi connectivity index (χ1n) is 10.5. The van der Waals surface area contributed by atoms with Gasteiger partial charge in [0, 0.05) is 31.8 Å². The fraction of sp³-hybridized carbons (Fsp3) is 0.304. The molecule has 0 spiro atoms. The molecule has 0 amide bonds. The summed E-state index contributed by atoms with van der Waals surface area (Å²) in [6.45, 7) is 5.11. The maximum Gasteiger partial charge on any atom is 0.416 e. The van der Waals surface area contributed by atoms with E-state index in [1.165, 1.54) is 29.8 Å². The predicted octanol–water partition coefficient (Wildman–Crippen LogP) is 5.11. The monoisotopic (exact) mass is 542 g/mol. The van der Waals surface area contributed by atoms with Crippen molar-refractivity contribution in [3.8, 4) is 0 Å². The van der Waals surface area contributed by atoms with Gasteiger partial charge in [-0.3, -0.25) is 4.90 Å². The Bertz CT molecular complexity index is 1210. The highest BCUT2D eigenvalue weighted by molar-refractivity contribution is 7.22. The largest absolute Gasteiger partial charge is 0.478 e. The van der Waals surface area contributed by atoms with E-state index in [1.807, 2.05) is 6.07 Å². The van der Waals surface area contributed by atoms with Crippen LogP contribution in [-0.4, -0.2) is 51.2 Å². The summed E-state index contributed by atoms with van der Waals surface area (Å²) >= 11 is 7.50. The highest BCUT2D eigenvalue weighted by Crippen LogP contribution is 2.32. The molecular weight excluding hydrogens is 521 g/mol. The van der Waals surface area contributed by atoms with Crippen LogP contribution in [0.2, 0.25) is 4.34 Å². The molecule has 0 radical (unpaired) electrons. The van der Waals surface area contributed by atoms with Crippen LogP contribution in [0, 0.1) is 0 Å². The minimum atomic E-state index is -4.31. The van der Waals surface area contributed by atoms with Crippen molar-refractivity contribution in [1.82, 2.24) is 14.9 Å². The number of thiophene rings is 1. The molecule has 4 rings (SSSR count). The van der Waals surface area contributed by atoms with E-state index in [-0.39, 0.29) is 12.2 Å². The van der Waals surface area contributed by atoms with E-state index >= 15 is 0 Å². The Hall–Kier alpha value is -3.31. The van der Waals surface area contributed by atoms with E-state index in [4.69, 9.17) is 26.3 Å². The third-order valence-corrected chi connectivity index (χ3v) is 6.23. The Morgan fingerprint density at radius 3 is 2.50 bits per heavy atom. The van der Waals surface area contributed by atoms with Gasteiger partial charge in [0.05, 0.1) is 15.3 Å². The highest BCUT2D eigenvalue weighted by Gasteiger charge is 2.30. The standard InChI is InChI=1S/C19H18ClF3N4S.C3H4O2.CO2/c20-16-9-15-17(24-11-25-18(15)28-16)26-14-4-6-27(7-5-14)10-12-2-1-3-13(8-12)19(21,22)23;1-2-3(4)5;2-1-3/h1-3,8-9,11,14H,4-7,10H2,(H,24,25,26);2H,1H2,(H,4,5);. The van der Waals surface area contributed by atoms with Crippen LogP contribution < -0.4 is 5.32 Å². The maximum absolute atomic E-state index is 12.9. The molecule has 192 valence electrons. The molecule has 13 heteroatoms. The SMILES string of the molecule is C=CC(=O)O.FC(F)(F)c1cccc(CN2CCC(Nc3ncnc4sc(Cl)cc34)CC2)c1.O=C=O. The van der Waals surface area contributed by atoms with Crippen molar-refractivity contribution < 1.29 is 32.7 Å². The number of benzene rings is 1. The molecule has 2 aromatic heterocycles. The van der Waals surface area contributed by atoms with Gasteiger partial charge < -0.3 is 10.4 Å². The third-order valence-electron chi connectivity index (χ3n) is 5.06. The molecule has 0 bridgehead atoms. The lowest BCUT2D eigenvalue weighted by Gasteiger charge is -2.32. The van der Waals surface area contributed by atoms with Crippen LogP contribution in [0.15, 0.2) is 49.3 Å². The molecule has 1 aliphatic heterocycles. The summed E-state index contributed by atoms with van der Waals surface area (Å²) < 4.78 is 39.3. The molecule has 2 N–H and O–H groups in total. The van der Waals surface area contributed by atoms with Crippen molar-refractivity contribution in [2.45, 2.75) is 31.6 Å². The van der Waals surface area contributed by atoms with Gasteiger partial charge in [-0.05, 0) is 30.5 Å². The van der Waals surface area contributed by atoms with E-state index in [1.54, 1.807) is 6.07 Å². The number of halogens is 4. The average Bonchev–Trinajstić information content (AvgIpc) is 3.22.